The maximum atomic E-state index is 12.2. The number of hydrogen-bond donors (Lipinski definition) is 2. The van der Waals surface area contributed by atoms with Crippen LogP contribution in [0.2, 0.25) is 0 Å². The van der Waals surface area contributed by atoms with Gasteiger partial charge in [0, 0.05) is 0 Å². The Morgan fingerprint density at radius 2 is 1.59 bits per heavy atom. The predicted molar refractivity (Wildman–Crippen MR) is 77.3 cm³/mol. The van der Waals surface area contributed by atoms with E-state index in [9.17, 15) is 4.79 Å². The van der Waals surface area contributed by atoms with Crippen molar-refractivity contribution in [3.8, 4) is 11.5 Å². The highest BCUT2D eigenvalue weighted by Crippen LogP contribution is 2.29. The highest BCUT2D eigenvalue weighted by molar-refractivity contribution is 5.95. The van der Waals surface area contributed by atoms with Crippen LogP contribution >= 0.6 is 0 Å². The molecule has 4 N–H and O–H groups in total. The summed E-state index contributed by atoms with van der Waals surface area (Å²) in [5.41, 5.74) is 11.1. The Bertz CT molecular complexity index is 650. The molecule has 0 atom stereocenters. The second-order valence-corrected chi connectivity index (χ2v) is 4.08. The van der Waals surface area contributed by atoms with E-state index < -0.39 is 5.97 Å². The summed E-state index contributed by atoms with van der Waals surface area (Å²) in [6.07, 6.45) is 0. The van der Waals surface area contributed by atoms with Gasteiger partial charge in [-0.1, -0.05) is 6.07 Å². The summed E-state index contributed by atoms with van der Waals surface area (Å²) in [4.78, 5) is 23.5. The van der Waals surface area contributed by atoms with Crippen molar-refractivity contribution in [1.82, 2.24) is 15.0 Å². The maximum absolute atomic E-state index is 12.2. The minimum atomic E-state index is -0.646. The average Bonchev–Trinajstić information content (AvgIpc) is 2.50. The van der Waals surface area contributed by atoms with Gasteiger partial charge < -0.3 is 25.7 Å². The highest BCUT2D eigenvalue weighted by Gasteiger charge is 2.20. The Kier molecular flexibility index (Phi) is 4.57. The van der Waals surface area contributed by atoms with Crippen molar-refractivity contribution in [1.29, 1.82) is 0 Å². The molecule has 22 heavy (non-hydrogen) atoms. The molecule has 0 radical (unpaired) electrons. The van der Waals surface area contributed by atoms with Gasteiger partial charge in [0.15, 0.2) is 12.4 Å². The number of carbonyl (C=O) groups is 1. The lowest BCUT2D eigenvalue weighted by Crippen LogP contribution is -2.12. The zero-order valence-electron chi connectivity index (χ0n) is 12.1. The van der Waals surface area contributed by atoms with Crippen molar-refractivity contribution >= 4 is 17.9 Å². The fraction of sp³-hybridized carbons (Fsp3) is 0.231. The summed E-state index contributed by atoms with van der Waals surface area (Å²) < 4.78 is 15.4. The molecule has 0 saturated heterocycles. The van der Waals surface area contributed by atoms with Crippen molar-refractivity contribution in [2.24, 2.45) is 0 Å². The minimum absolute atomic E-state index is 0.0478. The second-order valence-electron chi connectivity index (χ2n) is 4.08. The summed E-state index contributed by atoms with van der Waals surface area (Å²) >= 11 is 0. The molecule has 0 fully saturated rings. The maximum Gasteiger partial charge on any atom is 0.346 e. The summed E-state index contributed by atoms with van der Waals surface area (Å²) in [5.74, 6) is 0.0685. The first-order valence-electron chi connectivity index (χ1n) is 6.19. The fourth-order valence-electron chi connectivity index (χ4n) is 1.78. The van der Waals surface area contributed by atoms with Gasteiger partial charge in [0.2, 0.25) is 11.9 Å². The van der Waals surface area contributed by atoms with Crippen LogP contribution < -0.4 is 20.9 Å². The molecule has 1 aromatic carbocycles. The van der Waals surface area contributed by atoms with Crippen LogP contribution in [0.5, 0.6) is 11.5 Å². The molecule has 2 rings (SSSR count). The van der Waals surface area contributed by atoms with Gasteiger partial charge in [-0.05, 0) is 12.1 Å². The normalized spacial score (nSPS) is 10.1. The number of ether oxygens (including phenoxy) is 3. The van der Waals surface area contributed by atoms with E-state index in [0.29, 0.717) is 11.5 Å². The second kappa shape index (κ2) is 6.57. The minimum Gasteiger partial charge on any atom is -0.496 e. The molecule has 0 aliphatic rings. The third-order valence-corrected chi connectivity index (χ3v) is 2.68. The summed E-state index contributed by atoms with van der Waals surface area (Å²) in [5, 5.41) is 0. The van der Waals surface area contributed by atoms with Gasteiger partial charge in [-0.3, -0.25) is 0 Å². The van der Waals surface area contributed by atoms with Gasteiger partial charge >= 0.3 is 5.97 Å². The molecule has 116 valence electrons. The van der Waals surface area contributed by atoms with Gasteiger partial charge in [-0.25, -0.2) is 4.79 Å². The number of benzene rings is 1. The molecule has 2 aromatic rings. The first-order chi connectivity index (χ1) is 10.5. The van der Waals surface area contributed by atoms with Crippen LogP contribution in [0.3, 0.4) is 0 Å². The number of anilines is 2. The molecular formula is C13H15N5O4. The molecule has 0 aliphatic heterocycles. The molecule has 0 spiro atoms. The van der Waals surface area contributed by atoms with Crippen LogP contribution in [0.1, 0.15) is 16.2 Å². The van der Waals surface area contributed by atoms with Crippen molar-refractivity contribution in [2.45, 2.75) is 6.61 Å². The number of carbonyl (C=O) groups excluding carboxylic acids is 1. The largest absolute Gasteiger partial charge is 0.496 e. The summed E-state index contributed by atoms with van der Waals surface area (Å²) in [6, 6.07) is 4.94. The van der Waals surface area contributed by atoms with Gasteiger partial charge in [0.1, 0.15) is 17.1 Å². The molecule has 0 aliphatic carbocycles. The van der Waals surface area contributed by atoms with Crippen LogP contribution in [0.25, 0.3) is 0 Å². The van der Waals surface area contributed by atoms with E-state index in [-0.39, 0.29) is 29.9 Å². The van der Waals surface area contributed by atoms with Crippen LogP contribution in [0, 0.1) is 0 Å². The number of aromatic nitrogens is 3. The summed E-state index contributed by atoms with van der Waals surface area (Å²) in [7, 11) is 2.89. The van der Waals surface area contributed by atoms with Crippen molar-refractivity contribution < 1.29 is 19.0 Å². The van der Waals surface area contributed by atoms with Gasteiger partial charge in [0.05, 0.1) is 14.2 Å². The Balaban J connectivity index is 2.19. The smallest absolute Gasteiger partial charge is 0.346 e. The van der Waals surface area contributed by atoms with Gasteiger partial charge in [0.25, 0.3) is 0 Å². The zero-order chi connectivity index (χ0) is 16.1. The first-order valence-corrected chi connectivity index (χ1v) is 6.19. The lowest BCUT2D eigenvalue weighted by atomic mass is 10.2. The predicted octanol–water partition coefficient (Wildman–Crippen LogP) is 0.410. The van der Waals surface area contributed by atoms with Crippen molar-refractivity contribution in [2.75, 3.05) is 25.7 Å². The monoisotopic (exact) mass is 305 g/mol. The third kappa shape index (κ3) is 3.32. The molecule has 0 amide bonds. The molecular weight excluding hydrogens is 290 g/mol. The SMILES string of the molecule is COc1cccc(OC)c1C(=O)OCc1nc(N)nc(N)n1. The molecule has 0 bridgehead atoms. The number of nitrogens with two attached hydrogens (primary N) is 2. The van der Waals surface area contributed by atoms with Gasteiger partial charge in [-0.15, -0.1) is 0 Å². The van der Waals surface area contributed by atoms with Crippen LogP contribution in [-0.2, 0) is 11.3 Å². The number of hydrogen-bond acceptors (Lipinski definition) is 9. The van der Waals surface area contributed by atoms with E-state index in [1.54, 1.807) is 18.2 Å². The lowest BCUT2D eigenvalue weighted by molar-refractivity contribution is 0.0454. The van der Waals surface area contributed by atoms with Crippen LogP contribution in [0.15, 0.2) is 18.2 Å². The topological polar surface area (TPSA) is 135 Å². The quantitative estimate of drug-likeness (QED) is 0.752. The number of nitrogen functional groups attached to an aromatic ring is 2. The average molecular weight is 305 g/mol. The molecule has 1 aromatic heterocycles. The van der Waals surface area contributed by atoms with E-state index in [1.165, 1.54) is 14.2 Å². The number of esters is 1. The standard InChI is InChI=1S/C13H15N5O4/c1-20-7-4-3-5-8(21-2)10(7)11(19)22-6-9-16-12(14)18-13(15)17-9/h3-5H,6H2,1-2H3,(H4,14,15,16,17,18). The number of nitrogens with zero attached hydrogens (tertiary/aromatic N) is 3. The van der Waals surface area contributed by atoms with E-state index in [1.807, 2.05) is 0 Å². The van der Waals surface area contributed by atoms with E-state index in [0.717, 1.165) is 0 Å². The van der Waals surface area contributed by atoms with E-state index in [4.69, 9.17) is 25.7 Å². The number of methoxy groups -OCH3 is 2. The molecule has 1 heterocycles. The Labute approximate surface area is 126 Å². The summed E-state index contributed by atoms with van der Waals surface area (Å²) in [6.45, 7) is -0.211. The van der Waals surface area contributed by atoms with Crippen LogP contribution in [0.4, 0.5) is 11.9 Å². The molecule has 0 unspecified atom stereocenters. The van der Waals surface area contributed by atoms with Crippen molar-refractivity contribution in [3.05, 3.63) is 29.6 Å². The van der Waals surface area contributed by atoms with Gasteiger partial charge in [-0.2, -0.15) is 15.0 Å². The molecule has 9 nitrogen and oxygen atoms in total. The molecule has 9 heteroatoms. The zero-order valence-corrected chi connectivity index (χ0v) is 12.1. The van der Waals surface area contributed by atoms with Crippen LogP contribution in [-0.4, -0.2) is 35.1 Å². The Hall–Kier alpha value is -3.10. The fourth-order valence-corrected chi connectivity index (χ4v) is 1.78. The Morgan fingerprint density at radius 3 is 2.09 bits per heavy atom. The number of rotatable bonds is 5. The molecule has 0 saturated carbocycles. The van der Waals surface area contributed by atoms with E-state index >= 15 is 0 Å². The lowest BCUT2D eigenvalue weighted by Gasteiger charge is -2.12. The van der Waals surface area contributed by atoms with Crippen molar-refractivity contribution in [3.63, 3.8) is 0 Å². The van der Waals surface area contributed by atoms with E-state index in [2.05, 4.69) is 15.0 Å². The Morgan fingerprint density at radius 1 is 1.05 bits per heavy atom. The highest BCUT2D eigenvalue weighted by atomic mass is 16.5. The third-order valence-electron chi connectivity index (χ3n) is 2.68. The first kappa shape index (κ1) is 15.3.